The Labute approximate surface area is 158 Å². The molecule has 2 aliphatic carbocycles. The first-order valence-electron chi connectivity index (χ1n) is 11.0. The zero-order valence-electron chi connectivity index (χ0n) is 16.7. The van der Waals surface area contributed by atoms with Crippen LogP contribution in [0, 0.1) is 35.3 Å². The van der Waals surface area contributed by atoms with Crippen LogP contribution in [0.1, 0.15) is 96.0 Å². The average molecular weight is 363 g/mol. The van der Waals surface area contributed by atoms with Crippen molar-refractivity contribution in [3.05, 3.63) is 35.4 Å². The molecule has 1 aromatic rings. The van der Waals surface area contributed by atoms with Gasteiger partial charge in [0.25, 0.3) is 0 Å². The highest BCUT2D eigenvalue weighted by Crippen LogP contribution is 2.42. The van der Waals surface area contributed by atoms with Gasteiger partial charge in [-0.1, -0.05) is 45.6 Å². The van der Waals surface area contributed by atoms with Gasteiger partial charge in [0, 0.05) is 0 Å². The fraction of sp³-hybridized carbons (Fsp3) is 0.750. The molecule has 0 amide bonds. The van der Waals surface area contributed by atoms with E-state index < -0.39 is 11.6 Å². The Balaban J connectivity index is 1.43. The van der Waals surface area contributed by atoms with E-state index in [4.69, 9.17) is 0 Å². The summed E-state index contributed by atoms with van der Waals surface area (Å²) in [5.74, 6) is 2.60. The van der Waals surface area contributed by atoms with Gasteiger partial charge < -0.3 is 0 Å². The Morgan fingerprint density at radius 3 is 2.15 bits per heavy atom. The lowest BCUT2D eigenvalue weighted by molar-refractivity contribution is 0.169. The Hall–Kier alpha value is -0.920. The van der Waals surface area contributed by atoms with Crippen molar-refractivity contribution in [1.29, 1.82) is 0 Å². The summed E-state index contributed by atoms with van der Waals surface area (Å²) >= 11 is 0. The minimum atomic E-state index is -0.732. The Bertz CT molecular complexity index is 551. The second kappa shape index (κ2) is 9.33. The maximum absolute atomic E-state index is 13.5. The molecule has 0 nitrogen and oxygen atoms in total. The highest BCUT2D eigenvalue weighted by atomic mass is 19.2. The maximum atomic E-state index is 13.5. The predicted molar refractivity (Wildman–Crippen MR) is 105 cm³/mol. The van der Waals surface area contributed by atoms with Gasteiger partial charge in [-0.25, -0.2) is 8.78 Å². The molecular formula is C24H36F2. The van der Waals surface area contributed by atoms with Gasteiger partial charge in [-0.3, -0.25) is 0 Å². The molecule has 0 N–H and O–H groups in total. The van der Waals surface area contributed by atoms with Crippen LogP contribution in [0.25, 0.3) is 0 Å². The van der Waals surface area contributed by atoms with Crippen LogP contribution < -0.4 is 0 Å². The van der Waals surface area contributed by atoms with Crippen molar-refractivity contribution >= 4 is 0 Å². The summed E-state index contributed by atoms with van der Waals surface area (Å²) in [4.78, 5) is 0. The van der Waals surface area contributed by atoms with Crippen LogP contribution in [0.2, 0.25) is 0 Å². The molecule has 0 saturated heterocycles. The fourth-order valence-electron chi connectivity index (χ4n) is 5.67. The smallest absolute Gasteiger partial charge is 0.159 e. The van der Waals surface area contributed by atoms with Crippen LogP contribution in [0.4, 0.5) is 8.78 Å². The van der Waals surface area contributed by atoms with Crippen molar-refractivity contribution in [1.82, 2.24) is 0 Å². The molecule has 26 heavy (non-hydrogen) atoms. The van der Waals surface area contributed by atoms with Crippen molar-refractivity contribution in [3.8, 4) is 0 Å². The molecular weight excluding hydrogens is 326 g/mol. The minimum Gasteiger partial charge on any atom is -0.204 e. The summed E-state index contributed by atoms with van der Waals surface area (Å²) < 4.78 is 26.6. The molecule has 1 aromatic carbocycles. The third kappa shape index (κ3) is 5.08. The zero-order valence-corrected chi connectivity index (χ0v) is 16.7. The Kier molecular flexibility index (Phi) is 7.12. The van der Waals surface area contributed by atoms with Crippen LogP contribution in [0.3, 0.4) is 0 Å². The van der Waals surface area contributed by atoms with Gasteiger partial charge >= 0.3 is 0 Å². The summed E-state index contributed by atoms with van der Waals surface area (Å²) in [5, 5.41) is 0. The molecule has 146 valence electrons. The molecule has 2 aliphatic rings. The summed E-state index contributed by atoms with van der Waals surface area (Å²) in [7, 11) is 0. The molecule has 1 unspecified atom stereocenters. The zero-order chi connectivity index (χ0) is 18.5. The molecule has 2 saturated carbocycles. The highest BCUT2D eigenvalue weighted by Gasteiger charge is 2.29. The number of rotatable bonds is 6. The van der Waals surface area contributed by atoms with Gasteiger partial charge in [-0.05, 0) is 92.2 Å². The first-order valence-corrected chi connectivity index (χ1v) is 11.0. The average Bonchev–Trinajstić information content (AvgIpc) is 2.65. The van der Waals surface area contributed by atoms with Crippen molar-refractivity contribution in [2.45, 2.75) is 90.4 Å². The van der Waals surface area contributed by atoms with Gasteiger partial charge in [0.05, 0.1) is 0 Å². The van der Waals surface area contributed by atoms with E-state index in [1.807, 2.05) is 0 Å². The van der Waals surface area contributed by atoms with Gasteiger partial charge in [0.2, 0.25) is 0 Å². The second-order valence-corrected chi connectivity index (χ2v) is 9.17. The molecule has 0 spiro atoms. The van der Waals surface area contributed by atoms with E-state index in [0.29, 0.717) is 5.92 Å². The van der Waals surface area contributed by atoms with Gasteiger partial charge in [0.1, 0.15) is 0 Å². The van der Waals surface area contributed by atoms with E-state index in [1.54, 1.807) is 6.07 Å². The summed E-state index contributed by atoms with van der Waals surface area (Å²) in [5.41, 5.74) is 0.990. The van der Waals surface area contributed by atoms with Crippen LogP contribution >= 0.6 is 0 Å². The second-order valence-electron chi connectivity index (χ2n) is 9.17. The molecule has 2 fully saturated rings. The van der Waals surface area contributed by atoms with Crippen molar-refractivity contribution in [2.75, 3.05) is 0 Å². The summed E-state index contributed by atoms with van der Waals surface area (Å²) in [6.07, 6.45) is 14.7. The SMILES string of the molecule is CCC[C@H]1CC[C@H](C(C)C[C@H]2CC[C@H](c3ccc(F)c(F)c3)CC2)CC1. The number of halogens is 2. The van der Waals surface area contributed by atoms with Crippen molar-refractivity contribution in [3.63, 3.8) is 0 Å². The van der Waals surface area contributed by atoms with Gasteiger partial charge in [0.15, 0.2) is 11.6 Å². The molecule has 0 heterocycles. The molecule has 0 bridgehead atoms. The maximum Gasteiger partial charge on any atom is 0.159 e. The van der Waals surface area contributed by atoms with Crippen molar-refractivity contribution < 1.29 is 8.78 Å². The van der Waals surface area contributed by atoms with E-state index >= 15 is 0 Å². The summed E-state index contributed by atoms with van der Waals surface area (Å²) in [6, 6.07) is 4.48. The van der Waals surface area contributed by atoms with E-state index in [2.05, 4.69) is 13.8 Å². The largest absolute Gasteiger partial charge is 0.204 e. The van der Waals surface area contributed by atoms with Crippen LogP contribution in [0.5, 0.6) is 0 Å². The van der Waals surface area contributed by atoms with E-state index in [0.717, 1.165) is 42.1 Å². The van der Waals surface area contributed by atoms with Gasteiger partial charge in [-0.2, -0.15) is 0 Å². The summed E-state index contributed by atoms with van der Waals surface area (Å²) in [6.45, 7) is 4.79. The first kappa shape index (κ1) is 19.8. The molecule has 2 heteroatoms. The van der Waals surface area contributed by atoms with Crippen LogP contribution in [-0.4, -0.2) is 0 Å². The van der Waals surface area contributed by atoms with E-state index in [9.17, 15) is 8.78 Å². The first-order chi connectivity index (χ1) is 12.6. The lowest BCUT2D eigenvalue weighted by Crippen LogP contribution is -2.23. The monoisotopic (exact) mass is 362 g/mol. The predicted octanol–water partition coefficient (Wildman–Crippen LogP) is 7.87. The normalized spacial score (nSPS) is 30.9. The number of hydrogen-bond acceptors (Lipinski definition) is 0. The third-order valence-electron chi connectivity index (χ3n) is 7.36. The standard InChI is InChI=1S/C24H36F2/c1-3-4-18-5-9-20(10-6-18)17(2)15-19-7-11-21(12-8-19)22-13-14-23(25)24(26)16-22/h13-14,16-21H,3-12,15H2,1-2H3/t17?,18-,19-,20-,21-. The minimum absolute atomic E-state index is 0.418. The quantitative estimate of drug-likeness (QED) is 0.483. The molecule has 1 atom stereocenters. The highest BCUT2D eigenvalue weighted by molar-refractivity contribution is 5.22. The fourth-order valence-corrected chi connectivity index (χ4v) is 5.67. The molecule has 3 rings (SSSR count). The molecule has 0 aliphatic heterocycles. The third-order valence-corrected chi connectivity index (χ3v) is 7.36. The lowest BCUT2D eigenvalue weighted by Gasteiger charge is -2.36. The number of benzene rings is 1. The van der Waals surface area contributed by atoms with Crippen molar-refractivity contribution in [2.24, 2.45) is 23.7 Å². The van der Waals surface area contributed by atoms with E-state index in [1.165, 1.54) is 69.9 Å². The van der Waals surface area contributed by atoms with E-state index in [-0.39, 0.29) is 0 Å². The Morgan fingerprint density at radius 2 is 1.54 bits per heavy atom. The molecule has 0 radical (unpaired) electrons. The lowest BCUT2D eigenvalue weighted by atomic mass is 9.70. The topological polar surface area (TPSA) is 0 Å². The van der Waals surface area contributed by atoms with Crippen LogP contribution in [0.15, 0.2) is 18.2 Å². The Morgan fingerprint density at radius 1 is 0.885 bits per heavy atom. The number of hydrogen-bond donors (Lipinski definition) is 0. The van der Waals surface area contributed by atoms with Crippen LogP contribution in [-0.2, 0) is 0 Å². The molecule has 0 aromatic heterocycles. The van der Waals surface area contributed by atoms with Gasteiger partial charge in [-0.15, -0.1) is 0 Å².